The van der Waals surface area contributed by atoms with Crippen LogP contribution in [0.4, 0.5) is 10.5 Å². The largest absolute Gasteiger partial charge is 0.342 e. The average Bonchev–Trinajstić information content (AvgIpc) is 3.02. The molecule has 0 unspecified atom stereocenters. The Hall–Kier alpha value is -2.57. The fourth-order valence-corrected chi connectivity index (χ4v) is 3.42. The number of fused-ring (bicyclic) bond motifs is 1. The third kappa shape index (κ3) is 3.60. The second kappa shape index (κ2) is 7.13. The summed E-state index contributed by atoms with van der Waals surface area (Å²) in [6.45, 7) is 4.33. The van der Waals surface area contributed by atoms with E-state index in [1.165, 1.54) is 0 Å². The van der Waals surface area contributed by atoms with Crippen LogP contribution in [-0.4, -0.2) is 47.4 Å². The third-order valence-corrected chi connectivity index (χ3v) is 5.03. The van der Waals surface area contributed by atoms with Crippen LogP contribution in [-0.2, 0) is 9.59 Å². The lowest BCUT2D eigenvalue weighted by Crippen LogP contribution is -2.62. The molecule has 3 N–H and O–H groups in total. The zero-order valence-electron chi connectivity index (χ0n) is 14.5. The monoisotopic (exact) mass is 344 g/mol. The highest BCUT2D eigenvalue weighted by Crippen LogP contribution is 2.25. The molecule has 3 rings (SSSR count). The smallest absolute Gasteiger partial charge is 0.319 e. The molecule has 2 heterocycles. The number of nitrogens with one attached hydrogen (secondary N) is 3. The maximum Gasteiger partial charge on any atom is 0.319 e. The number of anilines is 1. The molecular weight excluding hydrogens is 320 g/mol. The van der Waals surface area contributed by atoms with Crippen molar-refractivity contribution in [3.8, 4) is 0 Å². The number of urea groups is 1. The Morgan fingerprint density at radius 1 is 1.32 bits per heavy atom. The third-order valence-electron chi connectivity index (χ3n) is 5.03. The van der Waals surface area contributed by atoms with E-state index in [0.717, 1.165) is 6.42 Å². The highest BCUT2D eigenvalue weighted by molar-refractivity contribution is 5.98. The number of rotatable bonds is 4. The van der Waals surface area contributed by atoms with Crippen molar-refractivity contribution in [1.82, 2.24) is 15.5 Å². The summed E-state index contributed by atoms with van der Waals surface area (Å²) in [6, 6.07) is 7.61. The molecule has 7 nitrogen and oxygen atoms in total. The predicted octanol–water partition coefficient (Wildman–Crippen LogP) is 1.32. The Morgan fingerprint density at radius 3 is 2.72 bits per heavy atom. The van der Waals surface area contributed by atoms with Gasteiger partial charge in [-0.3, -0.25) is 9.59 Å². The van der Waals surface area contributed by atoms with Gasteiger partial charge in [0.25, 0.3) is 0 Å². The van der Waals surface area contributed by atoms with Gasteiger partial charge in [-0.1, -0.05) is 38.5 Å². The van der Waals surface area contributed by atoms with Gasteiger partial charge in [0, 0.05) is 12.2 Å². The molecule has 2 aliphatic rings. The average molecular weight is 344 g/mol. The van der Waals surface area contributed by atoms with Gasteiger partial charge in [-0.2, -0.15) is 0 Å². The summed E-state index contributed by atoms with van der Waals surface area (Å²) in [4.78, 5) is 38.7. The fourth-order valence-electron chi connectivity index (χ4n) is 3.42. The van der Waals surface area contributed by atoms with Crippen LogP contribution >= 0.6 is 0 Å². The van der Waals surface area contributed by atoms with Crippen LogP contribution in [0.3, 0.4) is 0 Å². The molecule has 0 spiro atoms. The molecule has 0 radical (unpaired) electrons. The fraction of sp³-hybridized carbons (Fsp3) is 0.500. The zero-order valence-corrected chi connectivity index (χ0v) is 14.5. The van der Waals surface area contributed by atoms with Crippen molar-refractivity contribution in [2.45, 2.75) is 44.8 Å². The summed E-state index contributed by atoms with van der Waals surface area (Å²) in [7, 11) is 0. The zero-order chi connectivity index (χ0) is 18.0. The molecule has 25 heavy (non-hydrogen) atoms. The van der Waals surface area contributed by atoms with Gasteiger partial charge in [-0.25, -0.2) is 4.79 Å². The molecule has 0 bridgehead atoms. The molecular formula is C18H24N4O3. The number of amides is 4. The van der Waals surface area contributed by atoms with Crippen molar-refractivity contribution >= 4 is 23.5 Å². The highest BCUT2D eigenvalue weighted by atomic mass is 16.2. The quantitative estimate of drug-likeness (QED) is 0.769. The normalized spacial score (nSPS) is 26.6. The minimum absolute atomic E-state index is 0.0493. The Morgan fingerprint density at radius 2 is 2.04 bits per heavy atom. The van der Waals surface area contributed by atoms with Crippen molar-refractivity contribution in [1.29, 1.82) is 0 Å². The van der Waals surface area contributed by atoms with Gasteiger partial charge in [0.05, 0.1) is 6.04 Å². The Labute approximate surface area is 147 Å². The minimum Gasteiger partial charge on any atom is -0.342 e. The molecule has 0 aromatic heterocycles. The molecule has 2 fully saturated rings. The molecule has 134 valence electrons. The molecule has 4 amide bonds. The van der Waals surface area contributed by atoms with E-state index in [-0.39, 0.29) is 29.8 Å². The lowest BCUT2D eigenvalue weighted by atomic mass is 9.95. The van der Waals surface area contributed by atoms with Crippen LogP contribution in [0.15, 0.2) is 30.3 Å². The maximum atomic E-state index is 12.7. The van der Waals surface area contributed by atoms with Crippen LogP contribution < -0.4 is 16.0 Å². The van der Waals surface area contributed by atoms with Gasteiger partial charge in [-0.15, -0.1) is 0 Å². The number of nitrogens with zero attached hydrogens (tertiary/aromatic N) is 1. The molecule has 7 heteroatoms. The second-order valence-electron chi connectivity index (χ2n) is 6.78. The van der Waals surface area contributed by atoms with Crippen LogP contribution in [0, 0.1) is 5.92 Å². The van der Waals surface area contributed by atoms with Crippen molar-refractivity contribution < 1.29 is 14.4 Å². The van der Waals surface area contributed by atoms with E-state index in [1.54, 1.807) is 17.0 Å². The summed E-state index contributed by atoms with van der Waals surface area (Å²) in [6.07, 6.45) is 1.25. The van der Waals surface area contributed by atoms with Gasteiger partial charge >= 0.3 is 6.03 Å². The predicted molar refractivity (Wildman–Crippen MR) is 93.9 cm³/mol. The number of benzene rings is 1. The molecule has 1 aromatic carbocycles. The summed E-state index contributed by atoms with van der Waals surface area (Å²) in [5, 5.41) is 8.46. The van der Waals surface area contributed by atoms with Crippen molar-refractivity contribution in [3.05, 3.63) is 30.3 Å². The Kier molecular flexibility index (Phi) is 4.92. The second-order valence-corrected chi connectivity index (χ2v) is 6.78. The molecule has 1 aromatic rings. The van der Waals surface area contributed by atoms with Crippen molar-refractivity contribution in [2.75, 3.05) is 11.9 Å². The van der Waals surface area contributed by atoms with E-state index in [1.807, 2.05) is 32.0 Å². The van der Waals surface area contributed by atoms with Gasteiger partial charge < -0.3 is 20.9 Å². The van der Waals surface area contributed by atoms with E-state index in [4.69, 9.17) is 0 Å². The maximum absolute atomic E-state index is 12.7. The van der Waals surface area contributed by atoms with E-state index >= 15 is 0 Å². The van der Waals surface area contributed by atoms with E-state index < -0.39 is 12.1 Å². The van der Waals surface area contributed by atoms with E-state index in [2.05, 4.69) is 16.0 Å². The van der Waals surface area contributed by atoms with Crippen LogP contribution in [0.25, 0.3) is 0 Å². The van der Waals surface area contributed by atoms with Gasteiger partial charge in [-0.05, 0) is 24.5 Å². The SMILES string of the molecule is CC[C@H](C)[C@@H]1NC(=O)[C@@H]2C[C@H](NC(=O)Nc3ccccc3)CN2C1=O. The first-order valence-electron chi connectivity index (χ1n) is 8.73. The molecule has 0 aliphatic carbocycles. The first-order valence-corrected chi connectivity index (χ1v) is 8.73. The van der Waals surface area contributed by atoms with Crippen LogP contribution in [0.2, 0.25) is 0 Å². The van der Waals surface area contributed by atoms with Crippen molar-refractivity contribution in [2.24, 2.45) is 5.92 Å². The first-order chi connectivity index (χ1) is 12.0. The van der Waals surface area contributed by atoms with Gasteiger partial charge in [0.2, 0.25) is 11.8 Å². The highest BCUT2D eigenvalue weighted by Gasteiger charge is 2.47. The topological polar surface area (TPSA) is 90.5 Å². The molecule has 2 saturated heterocycles. The number of piperazine rings is 1. The van der Waals surface area contributed by atoms with E-state index in [0.29, 0.717) is 18.7 Å². The number of carbonyl (C=O) groups is 3. The molecule has 4 atom stereocenters. The minimum atomic E-state index is -0.491. The van der Waals surface area contributed by atoms with Crippen molar-refractivity contribution in [3.63, 3.8) is 0 Å². The lowest BCUT2D eigenvalue weighted by molar-refractivity contribution is -0.148. The van der Waals surface area contributed by atoms with Crippen LogP contribution in [0.1, 0.15) is 26.7 Å². The molecule has 0 saturated carbocycles. The standard InChI is InChI=1S/C18H24N4O3/c1-3-11(2)15-17(24)22-10-13(9-14(22)16(23)21-15)20-18(25)19-12-7-5-4-6-8-12/h4-8,11,13-15H,3,9-10H2,1-2H3,(H,21,23)(H2,19,20,25)/t11-,13-,14-,15-/m0/s1. The number of hydrogen-bond donors (Lipinski definition) is 3. The summed E-state index contributed by atoms with van der Waals surface area (Å²) in [5.74, 6) is -0.0878. The summed E-state index contributed by atoms with van der Waals surface area (Å²) >= 11 is 0. The van der Waals surface area contributed by atoms with Gasteiger partial charge in [0.1, 0.15) is 12.1 Å². The van der Waals surface area contributed by atoms with E-state index in [9.17, 15) is 14.4 Å². The summed E-state index contributed by atoms with van der Waals surface area (Å²) in [5.41, 5.74) is 0.696. The Bertz CT molecular complexity index is 664. The molecule has 2 aliphatic heterocycles. The lowest BCUT2D eigenvalue weighted by Gasteiger charge is -2.36. The number of hydrogen-bond acceptors (Lipinski definition) is 3. The van der Waals surface area contributed by atoms with Crippen LogP contribution in [0.5, 0.6) is 0 Å². The number of para-hydroxylation sites is 1. The van der Waals surface area contributed by atoms with Gasteiger partial charge in [0.15, 0.2) is 0 Å². The Balaban J connectivity index is 1.61. The first kappa shape index (κ1) is 17.3. The summed E-state index contributed by atoms with van der Waals surface area (Å²) < 4.78 is 0. The number of carbonyl (C=O) groups excluding carboxylic acids is 3.